The maximum Gasteiger partial charge on any atom is 0.0499 e. The molecule has 2 aromatic rings. The van der Waals surface area contributed by atoms with Crippen molar-refractivity contribution in [2.24, 2.45) is 0 Å². The average molecular weight is 300 g/mol. The van der Waals surface area contributed by atoms with Crippen LogP contribution in [-0.2, 0) is 6.54 Å². The summed E-state index contributed by atoms with van der Waals surface area (Å²) in [4.78, 5) is 2.40. The van der Waals surface area contributed by atoms with Gasteiger partial charge in [-0.2, -0.15) is 0 Å². The van der Waals surface area contributed by atoms with E-state index < -0.39 is 0 Å². The minimum absolute atomic E-state index is 0.936. The normalized spacial score (nSPS) is 14.1. The van der Waals surface area contributed by atoms with Gasteiger partial charge in [0, 0.05) is 23.3 Å². The largest absolute Gasteiger partial charge is 0.362 e. The van der Waals surface area contributed by atoms with Gasteiger partial charge in [0.1, 0.15) is 0 Å². The summed E-state index contributed by atoms with van der Waals surface area (Å²) in [6.07, 6.45) is 2.21. The van der Waals surface area contributed by atoms with Crippen molar-refractivity contribution in [3.63, 3.8) is 0 Å². The molecule has 0 radical (unpaired) electrons. The summed E-state index contributed by atoms with van der Waals surface area (Å²) in [6.45, 7) is 1.88. The Labute approximate surface area is 116 Å². The van der Waals surface area contributed by atoms with Crippen molar-refractivity contribution >= 4 is 27.7 Å². The smallest absolute Gasteiger partial charge is 0.0499 e. The Morgan fingerprint density at radius 1 is 0.944 bits per heavy atom. The van der Waals surface area contributed by atoms with E-state index in [1.54, 1.807) is 0 Å². The fourth-order valence-electron chi connectivity index (χ4n) is 2.32. The number of nitrogens with zero attached hydrogens (tertiary/aromatic N) is 1. The molecule has 0 saturated heterocycles. The number of hydrogen-bond acceptors (Lipinski definition) is 1. The first-order chi connectivity index (χ1) is 8.83. The van der Waals surface area contributed by atoms with Gasteiger partial charge in [0.25, 0.3) is 0 Å². The predicted molar refractivity (Wildman–Crippen MR) is 80.8 cm³/mol. The van der Waals surface area contributed by atoms with Crippen molar-refractivity contribution < 1.29 is 0 Å². The molecule has 2 aromatic carbocycles. The van der Waals surface area contributed by atoms with Gasteiger partial charge in [-0.1, -0.05) is 64.5 Å². The van der Waals surface area contributed by atoms with E-state index in [1.165, 1.54) is 21.3 Å². The van der Waals surface area contributed by atoms with Crippen LogP contribution >= 0.6 is 15.9 Å². The maximum absolute atomic E-state index is 3.63. The van der Waals surface area contributed by atoms with Crippen molar-refractivity contribution in [2.75, 3.05) is 11.4 Å². The number of rotatable bonds is 2. The molecular weight excluding hydrogens is 286 g/mol. The Kier molecular flexibility index (Phi) is 3.20. The lowest BCUT2D eigenvalue weighted by Gasteiger charge is -2.30. The third kappa shape index (κ3) is 2.34. The standard InChI is InChI=1S/C16H14BrN/c17-15-10-14-8-4-5-9-16(14)18(12-15)11-13-6-2-1-3-7-13/h1-10H,11-12H2. The van der Waals surface area contributed by atoms with Gasteiger partial charge in [0.05, 0.1) is 0 Å². The highest BCUT2D eigenvalue weighted by atomic mass is 79.9. The molecule has 1 heterocycles. The molecule has 0 aliphatic carbocycles. The average Bonchev–Trinajstić information content (AvgIpc) is 2.40. The second-order valence-corrected chi connectivity index (χ2v) is 5.51. The van der Waals surface area contributed by atoms with Crippen LogP contribution in [0.3, 0.4) is 0 Å². The number of halogens is 1. The molecule has 0 saturated carbocycles. The minimum atomic E-state index is 0.936. The van der Waals surface area contributed by atoms with Crippen LogP contribution in [0.15, 0.2) is 59.1 Å². The quantitative estimate of drug-likeness (QED) is 0.792. The molecule has 0 aromatic heterocycles. The second-order valence-electron chi connectivity index (χ2n) is 4.49. The molecule has 0 unspecified atom stereocenters. The summed E-state index contributed by atoms with van der Waals surface area (Å²) in [6, 6.07) is 19.1. The molecule has 18 heavy (non-hydrogen) atoms. The van der Waals surface area contributed by atoms with Gasteiger partial charge in [0.15, 0.2) is 0 Å². The first-order valence-corrected chi connectivity index (χ1v) is 6.86. The Morgan fingerprint density at radius 3 is 2.50 bits per heavy atom. The highest BCUT2D eigenvalue weighted by Gasteiger charge is 2.16. The Balaban J connectivity index is 1.92. The van der Waals surface area contributed by atoms with Crippen LogP contribution in [0.2, 0.25) is 0 Å². The van der Waals surface area contributed by atoms with E-state index in [0.29, 0.717) is 0 Å². The molecule has 1 aliphatic heterocycles. The zero-order chi connectivity index (χ0) is 12.4. The molecular formula is C16H14BrN. The van der Waals surface area contributed by atoms with E-state index in [4.69, 9.17) is 0 Å². The molecule has 0 atom stereocenters. The van der Waals surface area contributed by atoms with E-state index in [1.807, 2.05) is 0 Å². The molecule has 2 heteroatoms. The lowest BCUT2D eigenvalue weighted by Crippen LogP contribution is -2.26. The molecule has 3 rings (SSSR count). The minimum Gasteiger partial charge on any atom is -0.362 e. The Hall–Kier alpha value is -1.54. The Bertz CT molecular complexity index is 575. The van der Waals surface area contributed by atoms with Gasteiger partial charge in [-0.25, -0.2) is 0 Å². The van der Waals surface area contributed by atoms with Crippen molar-refractivity contribution in [1.82, 2.24) is 0 Å². The third-order valence-electron chi connectivity index (χ3n) is 3.15. The summed E-state index contributed by atoms with van der Waals surface area (Å²) in [5.74, 6) is 0. The maximum atomic E-state index is 3.63. The van der Waals surface area contributed by atoms with E-state index in [0.717, 1.165) is 13.1 Å². The third-order valence-corrected chi connectivity index (χ3v) is 3.63. The molecule has 0 fully saturated rings. The highest BCUT2D eigenvalue weighted by Crippen LogP contribution is 2.31. The number of fused-ring (bicyclic) bond motifs is 1. The Morgan fingerprint density at radius 2 is 1.67 bits per heavy atom. The fourth-order valence-corrected chi connectivity index (χ4v) is 2.87. The van der Waals surface area contributed by atoms with Crippen LogP contribution in [0.5, 0.6) is 0 Å². The van der Waals surface area contributed by atoms with Crippen LogP contribution in [0.1, 0.15) is 11.1 Å². The van der Waals surface area contributed by atoms with E-state index in [2.05, 4.69) is 81.5 Å². The van der Waals surface area contributed by atoms with Gasteiger partial charge in [-0.15, -0.1) is 0 Å². The highest BCUT2D eigenvalue weighted by molar-refractivity contribution is 9.11. The van der Waals surface area contributed by atoms with Crippen molar-refractivity contribution in [1.29, 1.82) is 0 Å². The van der Waals surface area contributed by atoms with Crippen LogP contribution in [0, 0.1) is 0 Å². The fraction of sp³-hybridized carbons (Fsp3) is 0.125. The zero-order valence-electron chi connectivity index (χ0n) is 10.0. The van der Waals surface area contributed by atoms with Crippen LogP contribution in [0.4, 0.5) is 5.69 Å². The number of benzene rings is 2. The van der Waals surface area contributed by atoms with Crippen molar-refractivity contribution in [3.05, 3.63) is 70.2 Å². The number of hydrogen-bond donors (Lipinski definition) is 0. The molecule has 1 nitrogen and oxygen atoms in total. The molecule has 0 bridgehead atoms. The summed E-state index contributed by atoms with van der Waals surface area (Å²) in [7, 11) is 0. The van der Waals surface area contributed by atoms with E-state index in [9.17, 15) is 0 Å². The summed E-state index contributed by atoms with van der Waals surface area (Å²) < 4.78 is 1.23. The molecule has 0 spiro atoms. The lowest BCUT2D eigenvalue weighted by atomic mass is 10.1. The number of para-hydroxylation sites is 1. The van der Waals surface area contributed by atoms with Crippen molar-refractivity contribution in [2.45, 2.75) is 6.54 Å². The van der Waals surface area contributed by atoms with Crippen molar-refractivity contribution in [3.8, 4) is 0 Å². The summed E-state index contributed by atoms with van der Waals surface area (Å²) in [5.41, 5.74) is 3.94. The first kappa shape index (κ1) is 11.5. The molecule has 0 N–H and O–H groups in total. The van der Waals surface area contributed by atoms with Gasteiger partial charge in [0.2, 0.25) is 0 Å². The summed E-state index contributed by atoms with van der Waals surface area (Å²) >= 11 is 3.63. The monoisotopic (exact) mass is 299 g/mol. The van der Waals surface area contributed by atoms with Crippen LogP contribution < -0.4 is 4.90 Å². The topological polar surface area (TPSA) is 3.24 Å². The van der Waals surface area contributed by atoms with E-state index >= 15 is 0 Å². The van der Waals surface area contributed by atoms with E-state index in [-0.39, 0.29) is 0 Å². The molecule has 1 aliphatic rings. The predicted octanol–water partition coefficient (Wildman–Crippen LogP) is 4.44. The van der Waals surface area contributed by atoms with Gasteiger partial charge >= 0.3 is 0 Å². The molecule has 90 valence electrons. The summed E-state index contributed by atoms with van der Waals surface area (Å²) in [5, 5.41) is 0. The first-order valence-electron chi connectivity index (χ1n) is 6.07. The molecule has 0 amide bonds. The zero-order valence-corrected chi connectivity index (χ0v) is 11.6. The SMILES string of the molecule is BrC1=Cc2ccccc2N(Cc2ccccc2)C1. The van der Waals surface area contributed by atoms with Gasteiger partial charge in [-0.3, -0.25) is 0 Å². The van der Waals surface area contributed by atoms with Crippen LogP contribution in [-0.4, -0.2) is 6.54 Å². The van der Waals surface area contributed by atoms with Gasteiger partial charge in [-0.05, 0) is 23.3 Å². The second kappa shape index (κ2) is 4.99. The van der Waals surface area contributed by atoms with Gasteiger partial charge < -0.3 is 4.90 Å². The lowest BCUT2D eigenvalue weighted by molar-refractivity contribution is 0.857. The van der Waals surface area contributed by atoms with Crippen LogP contribution in [0.25, 0.3) is 6.08 Å². The number of anilines is 1.